The van der Waals surface area contributed by atoms with E-state index in [0.29, 0.717) is 65.5 Å². The zero-order chi connectivity index (χ0) is 30.9. The monoisotopic (exact) mass is 694 g/mol. The number of carbonyl (C=O) groups excluding carboxylic acids is 4. The zero-order valence-corrected chi connectivity index (χ0v) is 26.3. The van der Waals surface area contributed by atoms with E-state index in [2.05, 4.69) is 26.4 Å². The Bertz CT molecular complexity index is 619. The van der Waals surface area contributed by atoms with Gasteiger partial charge in [-0.05, 0) is 19.8 Å². The first-order valence-corrected chi connectivity index (χ1v) is 14.2. The van der Waals surface area contributed by atoms with E-state index in [1.807, 2.05) is 29.8 Å². The first kappa shape index (κ1) is 42.8. The van der Waals surface area contributed by atoms with E-state index in [0.717, 1.165) is 20.0 Å². The van der Waals surface area contributed by atoms with Gasteiger partial charge in [-0.3, -0.25) is 22.7 Å². The molecule has 0 saturated carbocycles. The maximum atomic E-state index is 11.6. The van der Waals surface area contributed by atoms with Crippen LogP contribution >= 0.6 is 22.9 Å². The maximum Gasteiger partial charge on any atom is 0.246 e. The molecule has 16 heteroatoms. The minimum atomic E-state index is -0.329. The van der Waals surface area contributed by atoms with Crippen molar-refractivity contribution in [2.75, 3.05) is 86.1 Å². The number of aliphatic hydroxyl groups excluding tert-OH is 1. The molecule has 0 aliphatic carbocycles. The van der Waals surface area contributed by atoms with Crippen molar-refractivity contribution in [2.24, 2.45) is 11.5 Å². The number of hydrogen-bond acceptors (Lipinski definition) is 11. The zero-order valence-electron chi connectivity index (χ0n) is 24.1. The van der Waals surface area contributed by atoms with Crippen molar-refractivity contribution in [2.45, 2.75) is 45.6 Å². The largest absolute Gasteiger partial charge is 0.400 e. The minimum Gasteiger partial charge on any atom is -0.400 e. The Morgan fingerprint density at radius 1 is 0.775 bits per heavy atom. The first-order chi connectivity index (χ1) is 19.2. The fraction of sp³-hybridized carbons (Fsp3) is 0.833. The highest BCUT2D eigenvalue weighted by Crippen LogP contribution is 1.92. The van der Waals surface area contributed by atoms with Crippen LogP contribution in [0.15, 0.2) is 0 Å². The molecule has 0 saturated heterocycles. The van der Waals surface area contributed by atoms with Gasteiger partial charge in [0.15, 0.2) is 0 Å². The van der Waals surface area contributed by atoms with E-state index in [1.54, 1.807) is 0 Å². The highest BCUT2D eigenvalue weighted by Gasteiger charge is 2.04. The number of carbonyl (C=O) groups is 4. The highest BCUT2D eigenvalue weighted by molar-refractivity contribution is 14.1. The Hall–Kier alpha value is -1.67. The standard InChI is InChI=1S/C21H42N4O7.C2H5IN2O.CH4O/c1-3-4-7-23-20(27)16-31-14-13-30-11-9-25-21(28)17-32-15-12-29-10-8-24-19(26)6-5-18(2)22;3-5-1-2(4)6;1-2/h18H,3-17,22H2,1-2H3,(H,23,27)(H,24,26)(H,25,28);5H,1H2,(H2,4,6);2H,1H3/t18-;;/m1../s1. The van der Waals surface area contributed by atoms with Crippen LogP contribution in [0.3, 0.4) is 0 Å². The minimum absolute atomic E-state index is 0.0132. The Morgan fingerprint density at radius 3 is 1.62 bits per heavy atom. The van der Waals surface area contributed by atoms with Crippen LogP contribution in [0, 0.1) is 0 Å². The third kappa shape index (κ3) is 40.8. The summed E-state index contributed by atoms with van der Waals surface area (Å²) in [4.78, 5) is 44.3. The molecule has 0 rings (SSSR count). The molecule has 0 fully saturated rings. The SMILES string of the molecule is CCCCNC(=O)COCCOCCNC(=O)COCCOCCNC(=O)CC[C@@H](C)N.CO.NC(=O)CNI. The fourth-order valence-corrected chi connectivity index (χ4v) is 2.69. The van der Waals surface area contributed by atoms with Gasteiger partial charge in [-0.15, -0.1) is 0 Å². The lowest BCUT2D eigenvalue weighted by Gasteiger charge is -2.09. The molecule has 0 aromatic carbocycles. The Labute approximate surface area is 252 Å². The normalized spacial score (nSPS) is 10.8. The second kappa shape index (κ2) is 35.4. The second-order valence-corrected chi connectivity index (χ2v) is 8.79. The van der Waals surface area contributed by atoms with Crippen LogP contribution < -0.4 is 30.9 Å². The van der Waals surface area contributed by atoms with Gasteiger partial charge in [-0.25, -0.2) is 0 Å². The molecule has 0 bridgehead atoms. The molecule has 1 atom stereocenters. The second-order valence-electron chi connectivity index (χ2n) is 8.03. The van der Waals surface area contributed by atoms with Crippen molar-refractivity contribution in [3.05, 3.63) is 0 Å². The van der Waals surface area contributed by atoms with Crippen LogP contribution in [-0.4, -0.2) is 121 Å². The van der Waals surface area contributed by atoms with Crippen molar-refractivity contribution < 1.29 is 43.2 Å². The Balaban J connectivity index is -0.00000150. The number of aliphatic hydroxyl groups is 1. The molecule has 15 nitrogen and oxygen atoms in total. The van der Waals surface area contributed by atoms with Crippen molar-refractivity contribution in [3.8, 4) is 0 Å². The molecule has 0 unspecified atom stereocenters. The molecule has 0 heterocycles. The topological polar surface area (TPSA) is 226 Å². The summed E-state index contributed by atoms with van der Waals surface area (Å²) in [5, 5.41) is 15.2. The summed E-state index contributed by atoms with van der Waals surface area (Å²) in [6.45, 7) is 7.59. The maximum absolute atomic E-state index is 11.6. The van der Waals surface area contributed by atoms with E-state index in [-0.39, 0.29) is 56.0 Å². The summed E-state index contributed by atoms with van der Waals surface area (Å²) in [6, 6.07) is 0.0132. The first-order valence-electron chi connectivity index (χ1n) is 13.2. The van der Waals surface area contributed by atoms with E-state index in [9.17, 15) is 19.2 Å². The van der Waals surface area contributed by atoms with Gasteiger partial charge < -0.3 is 51.5 Å². The van der Waals surface area contributed by atoms with Crippen molar-refractivity contribution >= 4 is 46.5 Å². The van der Waals surface area contributed by atoms with Crippen LogP contribution in [0.2, 0.25) is 0 Å². The Kier molecular flexibility index (Phi) is 37.8. The summed E-state index contributed by atoms with van der Waals surface area (Å²) < 4.78 is 23.6. The average Bonchev–Trinajstić information content (AvgIpc) is 2.92. The van der Waals surface area contributed by atoms with Crippen molar-refractivity contribution in [1.82, 2.24) is 19.5 Å². The number of nitrogens with two attached hydrogens (primary N) is 2. The Morgan fingerprint density at radius 2 is 1.23 bits per heavy atom. The van der Waals surface area contributed by atoms with Crippen LogP contribution in [0.1, 0.15) is 39.5 Å². The van der Waals surface area contributed by atoms with E-state index >= 15 is 0 Å². The van der Waals surface area contributed by atoms with Crippen LogP contribution in [-0.2, 0) is 38.1 Å². The van der Waals surface area contributed by atoms with Crippen molar-refractivity contribution in [1.29, 1.82) is 0 Å². The van der Waals surface area contributed by atoms with E-state index < -0.39 is 0 Å². The molecule has 0 spiro atoms. The number of ether oxygens (including phenoxy) is 4. The molecular weight excluding hydrogens is 643 g/mol. The van der Waals surface area contributed by atoms with Gasteiger partial charge in [0, 0.05) is 62.1 Å². The predicted octanol–water partition coefficient (Wildman–Crippen LogP) is -1.65. The van der Waals surface area contributed by atoms with Crippen LogP contribution in [0.25, 0.3) is 0 Å². The average molecular weight is 695 g/mol. The lowest BCUT2D eigenvalue weighted by Crippen LogP contribution is -2.32. The predicted molar refractivity (Wildman–Crippen MR) is 159 cm³/mol. The molecule has 0 aromatic heterocycles. The quantitative estimate of drug-likeness (QED) is 0.0344. The van der Waals surface area contributed by atoms with Gasteiger partial charge in [-0.1, -0.05) is 13.3 Å². The van der Waals surface area contributed by atoms with Gasteiger partial charge in [0.1, 0.15) is 13.2 Å². The van der Waals surface area contributed by atoms with Crippen LogP contribution in [0.4, 0.5) is 0 Å². The number of amides is 4. The van der Waals surface area contributed by atoms with Gasteiger partial charge in [0.25, 0.3) is 0 Å². The highest BCUT2D eigenvalue weighted by atomic mass is 127. The molecular formula is C24H51IN6O9. The molecule has 9 N–H and O–H groups in total. The number of unbranched alkanes of at least 4 members (excludes halogenated alkanes) is 1. The van der Waals surface area contributed by atoms with Gasteiger partial charge >= 0.3 is 0 Å². The molecule has 4 amide bonds. The number of nitrogens with one attached hydrogen (secondary N) is 4. The van der Waals surface area contributed by atoms with Gasteiger partial charge in [0.05, 0.1) is 46.2 Å². The van der Waals surface area contributed by atoms with Crippen molar-refractivity contribution in [3.63, 3.8) is 0 Å². The van der Waals surface area contributed by atoms with Crippen LogP contribution in [0.5, 0.6) is 0 Å². The van der Waals surface area contributed by atoms with E-state index in [4.69, 9.17) is 35.5 Å². The number of halogens is 1. The molecule has 40 heavy (non-hydrogen) atoms. The fourth-order valence-electron chi connectivity index (χ4n) is 2.31. The molecule has 0 aromatic rings. The van der Waals surface area contributed by atoms with Gasteiger partial charge in [-0.2, -0.15) is 0 Å². The number of primary amides is 1. The summed E-state index contributed by atoms with van der Waals surface area (Å²) >= 11 is 1.85. The van der Waals surface area contributed by atoms with Gasteiger partial charge in [0.2, 0.25) is 23.6 Å². The number of rotatable bonds is 24. The summed E-state index contributed by atoms with van der Waals surface area (Å²) in [6.07, 6.45) is 3.05. The molecule has 238 valence electrons. The number of hydrogen-bond donors (Lipinski definition) is 7. The molecule has 0 aliphatic rings. The summed E-state index contributed by atoms with van der Waals surface area (Å²) in [5.41, 5.74) is 10.3. The molecule has 0 radical (unpaired) electrons. The third-order valence-electron chi connectivity index (χ3n) is 4.27. The third-order valence-corrected chi connectivity index (χ3v) is 4.65. The van der Waals surface area contributed by atoms with E-state index in [1.165, 1.54) is 0 Å². The summed E-state index contributed by atoms with van der Waals surface area (Å²) in [5.74, 6) is -0.740. The summed E-state index contributed by atoms with van der Waals surface area (Å²) in [7, 11) is 1.00. The lowest BCUT2D eigenvalue weighted by molar-refractivity contribution is -0.127. The molecule has 0 aliphatic heterocycles. The lowest BCUT2D eigenvalue weighted by atomic mass is 10.2. The smallest absolute Gasteiger partial charge is 0.246 e.